The summed E-state index contributed by atoms with van der Waals surface area (Å²) in [6.07, 6.45) is 6.94. The minimum Gasteiger partial charge on any atom is -0.308 e. The highest BCUT2D eigenvalue weighted by atomic mass is 32.1. The van der Waals surface area contributed by atoms with E-state index in [1.807, 2.05) is 17.4 Å². The molecule has 2 aliphatic heterocycles. The lowest BCUT2D eigenvalue weighted by Crippen LogP contribution is -2.47. The Balaban J connectivity index is 1.17. The average molecular weight is 647 g/mol. The third-order valence-corrected chi connectivity index (χ3v) is 12.5. The fourth-order valence-corrected chi connectivity index (χ4v) is 10.5. The molecular formula is C45H32N3S+. The van der Waals surface area contributed by atoms with E-state index < -0.39 is 0 Å². The highest BCUT2D eigenvalue weighted by molar-refractivity contribution is 7.26. The van der Waals surface area contributed by atoms with Crippen LogP contribution in [0.4, 0.5) is 0 Å². The van der Waals surface area contributed by atoms with Gasteiger partial charge in [0.1, 0.15) is 0 Å². The first kappa shape index (κ1) is 27.4. The molecule has 0 N–H and O–H groups in total. The molecule has 0 fully saturated rings. The zero-order chi connectivity index (χ0) is 32.4. The zero-order valence-corrected chi connectivity index (χ0v) is 27.8. The van der Waals surface area contributed by atoms with Crippen molar-refractivity contribution in [1.82, 2.24) is 4.40 Å². The number of hydrogen-bond donors (Lipinski definition) is 0. The van der Waals surface area contributed by atoms with E-state index in [1.165, 1.54) is 86.2 Å². The van der Waals surface area contributed by atoms with E-state index in [-0.39, 0.29) is 6.04 Å². The Kier molecular flexibility index (Phi) is 5.57. The smallest absolute Gasteiger partial charge is 0.213 e. The van der Waals surface area contributed by atoms with Crippen molar-refractivity contribution >= 4 is 75.3 Å². The lowest BCUT2D eigenvalue weighted by molar-refractivity contribution is -0.718. The van der Waals surface area contributed by atoms with E-state index in [4.69, 9.17) is 4.99 Å². The largest absolute Gasteiger partial charge is 0.308 e. The Labute approximate surface area is 287 Å². The maximum absolute atomic E-state index is 5.22. The lowest BCUT2D eigenvalue weighted by atomic mass is 9.77. The number of hydrogen-bond acceptors (Lipinski definition) is 2. The average Bonchev–Trinajstić information content (AvgIpc) is 3.80. The van der Waals surface area contributed by atoms with Gasteiger partial charge in [0.2, 0.25) is 5.69 Å². The van der Waals surface area contributed by atoms with Crippen LogP contribution >= 0.6 is 11.3 Å². The topological polar surface area (TPSA) is 20.6 Å². The van der Waals surface area contributed by atoms with Crippen LogP contribution in [0.5, 0.6) is 0 Å². The van der Waals surface area contributed by atoms with E-state index in [2.05, 4.69) is 138 Å². The van der Waals surface area contributed by atoms with Crippen LogP contribution in [0.25, 0.3) is 69.5 Å². The van der Waals surface area contributed by atoms with Crippen molar-refractivity contribution in [3.05, 3.63) is 157 Å². The number of benzene rings is 5. The Morgan fingerprint density at radius 1 is 0.776 bits per heavy atom. The minimum atomic E-state index is 0.241. The molecule has 4 heteroatoms. The molecule has 232 valence electrons. The summed E-state index contributed by atoms with van der Waals surface area (Å²) < 4.78 is 7.73. The van der Waals surface area contributed by atoms with Gasteiger partial charge in [0, 0.05) is 76.6 Å². The molecule has 0 radical (unpaired) electrons. The van der Waals surface area contributed by atoms with E-state index >= 15 is 0 Å². The van der Waals surface area contributed by atoms with E-state index in [0.717, 1.165) is 30.7 Å². The second kappa shape index (κ2) is 9.97. The highest BCUT2D eigenvalue weighted by Crippen LogP contribution is 2.47. The number of nitrogens with zero attached hydrogens (tertiary/aromatic N) is 3. The van der Waals surface area contributed by atoms with Gasteiger partial charge in [-0.25, -0.2) is 0 Å². The van der Waals surface area contributed by atoms with Crippen molar-refractivity contribution in [3.8, 4) is 11.3 Å². The number of pyridine rings is 1. The molecule has 0 amide bonds. The van der Waals surface area contributed by atoms with Gasteiger partial charge < -0.3 is 4.40 Å². The van der Waals surface area contributed by atoms with Crippen molar-refractivity contribution in [2.24, 2.45) is 4.99 Å². The maximum Gasteiger partial charge on any atom is 0.213 e. The molecule has 0 saturated carbocycles. The molecule has 5 aromatic carbocycles. The van der Waals surface area contributed by atoms with Gasteiger partial charge in [0.05, 0.1) is 28.7 Å². The lowest BCUT2D eigenvalue weighted by Gasteiger charge is -2.31. The molecule has 0 spiro atoms. The summed E-state index contributed by atoms with van der Waals surface area (Å²) >= 11 is 1.92. The molecule has 0 aliphatic carbocycles. The first-order valence-electron chi connectivity index (χ1n) is 17.2. The number of aryl methyl sites for hydroxylation is 1. The fourth-order valence-electron chi connectivity index (χ4n) is 9.28. The summed E-state index contributed by atoms with van der Waals surface area (Å²) in [5.41, 5.74) is 12.2. The van der Waals surface area contributed by atoms with Gasteiger partial charge >= 0.3 is 0 Å². The van der Waals surface area contributed by atoms with E-state index in [0.29, 0.717) is 5.92 Å². The molecule has 9 aromatic rings. The number of rotatable bonds is 1. The minimum absolute atomic E-state index is 0.241. The summed E-state index contributed by atoms with van der Waals surface area (Å²) in [6.45, 7) is 8.79. The Bertz CT molecular complexity index is 2920. The van der Waals surface area contributed by atoms with Crippen LogP contribution in [0.1, 0.15) is 41.5 Å². The molecule has 4 aromatic heterocycles. The predicted octanol–water partition coefficient (Wildman–Crippen LogP) is 11.3. The van der Waals surface area contributed by atoms with Gasteiger partial charge in [-0.15, -0.1) is 11.3 Å². The van der Waals surface area contributed by atoms with Crippen LogP contribution < -0.4 is 4.57 Å². The second-order valence-electron chi connectivity index (χ2n) is 13.8. The quantitative estimate of drug-likeness (QED) is 0.158. The van der Waals surface area contributed by atoms with Crippen LogP contribution in [-0.2, 0) is 6.42 Å². The molecule has 2 atom stereocenters. The third-order valence-electron chi connectivity index (χ3n) is 11.3. The van der Waals surface area contributed by atoms with Gasteiger partial charge in [-0.3, -0.25) is 4.99 Å². The van der Waals surface area contributed by atoms with Gasteiger partial charge in [0.15, 0.2) is 12.2 Å². The summed E-state index contributed by atoms with van der Waals surface area (Å²) in [7, 11) is 0. The Morgan fingerprint density at radius 3 is 2.55 bits per heavy atom. The third kappa shape index (κ3) is 3.67. The second-order valence-corrected chi connectivity index (χ2v) is 14.8. The van der Waals surface area contributed by atoms with Crippen LogP contribution in [0, 0.1) is 0 Å². The number of thiophene rings is 1. The SMILES string of the molecule is C=CC1=NC(=C)CC2C(CCc3cc4c(cc31)c1cccc3c5c6sc7ccccc7c6ccc5n4c13)c1ccccc1-c1cccc[n+]12. The van der Waals surface area contributed by atoms with Gasteiger partial charge in [-0.2, -0.15) is 4.57 Å². The molecule has 6 heterocycles. The number of fused-ring (bicyclic) bond motifs is 17. The Morgan fingerprint density at radius 2 is 1.61 bits per heavy atom. The first-order chi connectivity index (χ1) is 24.2. The van der Waals surface area contributed by atoms with Crippen LogP contribution in [-0.4, -0.2) is 10.1 Å². The van der Waals surface area contributed by atoms with Crippen LogP contribution in [0.2, 0.25) is 0 Å². The molecule has 0 bridgehead atoms. The number of allylic oxidation sites excluding steroid dienone is 2. The summed E-state index contributed by atoms with van der Waals surface area (Å²) in [5.74, 6) is 0.340. The van der Waals surface area contributed by atoms with Gasteiger partial charge in [-0.05, 0) is 66.4 Å². The molecule has 11 rings (SSSR count). The number of para-hydroxylation sites is 1. The van der Waals surface area contributed by atoms with Gasteiger partial charge in [0.25, 0.3) is 0 Å². The van der Waals surface area contributed by atoms with Crippen molar-refractivity contribution in [2.75, 3.05) is 0 Å². The van der Waals surface area contributed by atoms with Crippen molar-refractivity contribution in [3.63, 3.8) is 0 Å². The Hall–Kier alpha value is -5.58. The first-order valence-corrected chi connectivity index (χ1v) is 18.0. The van der Waals surface area contributed by atoms with Gasteiger partial charge in [-0.1, -0.05) is 73.8 Å². The predicted molar refractivity (Wildman–Crippen MR) is 207 cm³/mol. The fraction of sp³-hybridized carbons (Fsp3) is 0.111. The van der Waals surface area contributed by atoms with Crippen LogP contribution in [0.15, 0.2) is 145 Å². The molecule has 0 saturated heterocycles. The van der Waals surface area contributed by atoms with Crippen molar-refractivity contribution < 1.29 is 4.57 Å². The standard InChI is InChI=1S/C45H32N3S/c1-3-37-35-25-36-32-14-10-15-34-43-39(21-20-33-31-13-6-7-17-42(31)49-45(33)43)48(44(32)34)41(36)24-27(35)18-19-30-28-11-4-5-12-29(28)38-16-8-9-22-47(38)40(30)23-26(2)46-37/h3-17,20-22,24-25,30,40H,1-2,18-19,23H2/q+1. The number of aromatic nitrogens is 2. The summed E-state index contributed by atoms with van der Waals surface area (Å²) in [6, 6.07) is 41.0. The summed E-state index contributed by atoms with van der Waals surface area (Å²) in [4.78, 5) is 5.22. The maximum atomic E-state index is 5.22. The normalized spacial score (nSPS) is 17.8. The molecule has 49 heavy (non-hydrogen) atoms. The molecular weight excluding hydrogens is 615 g/mol. The van der Waals surface area contributed by atoms with Crippen molar-refractivity contribution in [2.45, 2.75) is 31.2 Å². The van der Waals surface area contributed by atoms with Crippen LogP contribution in [0.3, 0.4) is 0 Å². The number of aliphatic imine (C=N–C) groups is 1. The molecule has 2 aliphatic rings. The zero-order valence-electron chi connectivity index (χ0n) is 27.0. The monoisotopic (exact) mass is 646 g/mol. The van der Waals surface area contributed by atoms with Crippen molar-refractivity contribution in [1.29, 1.82) is 0 Å². The molecule has 2 unspecified atom stereocenters. The van der Waals surface area contributed by atoms with E-state index in [9.17, 15) is 0 Å². The highest BCUT2D eigenvalue weighted by Gasteiger charge is 2.40. The molecule has 3 nitrogen and oxygen atoms in total. The summed E-state index contributed by atoms with van der Waals surface area (Å²) in [5, 5.41) is 7.93. The van der Waals surface area contributed by atoms with E-state index in [1.54, 1.807) is 0 Å².